The molecule has 0 radical (unpaired) electrons. The maximum atomic E-state index is 12.2. The largest absolute Gasteiger partial charge is 0.471 e. The van der Waals surface area contributed by atoms with Crippen LogP contribution in [0.3, 0.4) is 0 Å². The summed E-state index contributed by atoms with van der Waals surface area (Å²) in [6.07, 6.45) is 0.0570. The lowest BCUT2D eigenvalue weighted by Gasteiger charge is -2.07. The summed E-state index contributed by atoms with van der Waals surface area (Å²) >= 11 is 1.61. The quantitative estimate of drug-likeness (QED) is 0.470. The van der Waals surface area contributed by atoms with E-state index in [-0.39, 0.29) is 11.5 Å². The van der Waals surface area contributed by atoms with E-state index >= 15 is 0 Å². The third kappa shape index (κ3) is 5.49. The van der Waals surface area contributed by atoms with Crippen LogP contribution in [0.4, 0.5) is 18.9 Å². The summed E-state index contributed by atoms with van der Waals surface area (Å²) in [4.78, 5) is 24.0. The fraction of sp³-hybridized carbons (Fsp3) is 0.111. The van der Waals surface area contributed by atoms with E-state index in [4.69, 9.17) is 0 Å². The first-order valence-corrected chi connectivity index (χ1v) is 8.37. The molecule has 1 N–H and O–H groups in total. The highest BCUT2D eigenvalue weighted by atomic mass is 32.2. The summed E-state index contributed by atoms with van der Waals surface area (Å²) in [5, 5.41) is 1.72. The predicted octanol–water partition coefficient (Wildman–Crippen LogP) is 4.81. The van der Waals surface area contributed by atoms with Gasteiger partial charge in [-0.2, -0.15) is 13.2 Å². The van der Waals surface area contributed by atoms with Crippen molar-refractivity contribution in [3.8, 4) is 0 Å². The van der Waals surface area contributed by atoms with Crippen molar-refractivity contribution in [3.63, 3.8) is 0 Å². The summed E-state index contributed by atoms with van der Waals surface area (Å²) in [7, 11) is 0. The van der Waals surface area contributed by atoms with Crippen molar-refractivity contribution in [3.05, 3.63) is 65.7 Å². The number of anilines is 1. The molecule has 0 unspecified atom stereocenters. The average Bonchev–Trinajstić information content (AvgIpc) is 2.60. The second-order valence-corrected chi connectivity index (χ2v) is 5.88. The monoisotopic (exact) mass is 365 g/mol. The summed E-state index contributed by atoms with van der Waals surface area (Å²) < 4.78 is 36.5. The van der Waals surface area contributed by atoms with Gasteiger partial charge < -0.3 is 5.32 Å². The van der Waals surface area contributed by atoms with E-state index in [1.54, 1.807) is 23.2 Å². The standard InChI is InChI=1S/C18H14F3NO2S/c1-25-15-9-2-12(3-10-15)4-11-16(23)13-5-7-14(8-6-13)22-17(24)18(19,20)21/h2-11H,1H3,(H,22,24). The molecule has 2 rings (SSSR count). The van der Waals surface area contributed by atoms with Crippen molar-refractivity contribution in [2.45, 2.75) is 11.1 Å². The van der Waals surface area contributed by atoms with E-state index in [1.807, 2.05) is 30.5 Å². The Morgan fingerprint density at radius 2 is 1.60 bits per heavy atom. The first kappa shape index (κ1) is 18.8. The minimum atomic E-state index is -4.96. The van der Waals surface area contributed by atoms with Crippen LogP contribution in [0.2, 0.25) is 0 Å². The van der Waals surface area contributed by atoms with Gasteiger partial charge in [0.25, 0.3) is 0 Å². The molecule has 2 aromatic carbocycles. The van der Waals surface area contributed by atoms with Crippen LogP contribution >= 0.6 is 11.8 Å². The zero-order chi connectivity index (χ0) is 18.4. The molecule has 0 heterocycles. The molecule has 3 nitrogen and oxygen atoms in total. The minimum absolute atomic E-state index is 0.0319. The SMILES string of the molecule is CSc1ccc(C=CC(=O)c2ccc(NC(=O)C(F)(F)F)cc2)cc1. The molecule has 1 amide bonds. The molecule has 0 fully saturated rings. The second-order valence-electron chi connectivity index (χ2n) is 5.00. The van der Waals surface area contributed by atoms with E-state index in [1.165, 1.54) is 30.3 Å². The maximum absolute atomic E-state index is 12.2. The van der Waals surface area contributed by atoms with Gasteiger partial charge in [0.1, 0.15) is 0 Å². The predicted molar refractivity (Wildman–Crippen MR) is 92.7 cm³/mol. The molecule has 0 saturated heterocycles. The number of nitrogens with one attached hydrogen (secondary N) is 1. The van der Waals surface area contributed by atoms with Crippen LogP contribution in [0.5, 0.6) is 0 Å². The molecule has 0 bridgehead atoms. The lowest BCUT2D eigenvalue weighted by atomic mass is 10.1. The Morgan fingerprint density at radius 1 is 1.00 bits per heavy atom. The molecule has 2 aromatic rings. The van der Waals surface area contributed by atoms with Gasteiger partial charge in [-0.3, -0.25) is 9.59 Å². The molecule has 0 atom stereocenters. The number of hydrogen-bond acceptors (Lipinski definition) is 3. The van der Waals surface area contributed by atoms with Gasteiger partial charge >= 0.3 is 12.1 Å². The van der Waals surface area contributed by atoms with Crippen LogP contribution in [0.25, 0.3) is 6.08 Å². The van der Waals surface area contributed by atoms with Crippen molar-refractivity contribution >= 4 is 35.2 Å². The fourth-order valence-electron chi connectivity index (χ4n) is 1.90. The third-order valence-corrected chi connectivity index (χ3v) is 3.97. The minimum Gasteiger partial charge on any atom is -0.318 e. The van der Waals surface area contributed by atoms with E-state index in [0.29, 0.717) is 5.56 Å². The summed E-state index contributed by atoms with van der Waals surface area (Å²) in [6.45, 7) is 0. The average molecular weight is 365 g/mol. The highest BCUT2D eigenvalue weighted by molar-refractivity contribution is 7.98. The zero-order valence-electron chi connectivity index (χ0n) is 13.1. The number of alkyl halides is 3. The number of amides is 1. The number of hydrogen-bond donors (Lipinski definition) is 1. The molecule has 0 aliphatic rings. The van der Waals surface area contributed by atoms with E-state index in [0.717, 1.165) is 10.5 Å². The molecule has 0 aromatic heterocycles. The van der Waals surface area contributed by atoms with Gasteiger partial charge in [-0.25, -0.2) is 0 Å². The van der Waals surface area contributed by atoms with Crippen molar-refractivity contribution in [1.29, 1.82) is 0 Å². The number of ketones is 1. The molecule has 130 valence electrons. The number of benzene rings is 2. The topological polar surface area (TPSA) is 46.2 Å². The van der Waals surface area contributed by atoms with Gasteiger partial charge in [-0.05, 0) is 54.3 Å². The Labute approximate surface area is 146 Å². The number of allylic oxidation sites excluding steroid dienone is 1. The number of carbonyl (C=O) groups excluding carboxylic acids is 2. The van der Waals surface area contributed by atoms with E-state index in [9.17, 15) is 22.8 Å². The Balaban J connectivity index is 2.02. The number of rotatable bonds is 5. The Hall–Kier alpha value is -2.54. The van der Waals surface area contributed by atoms with Gasteiger partial charge in [-0.1, -0.05) is 18.2 Å². The van der Waals surface area contributed by atoms with Crippen LogP contribution < -0.4 is 5.32 Å². The fourth-order valence-corrected chi connectivity index (χ4v) is 2.31. The molecule has 7 heteroatoms. The van der Waals surface area contributed by atoms with Crippen molar-refractivity contribution in [1.82, 2.24) is 0 Å². The van der Waals surface area contributed by atoms with Crippen LogP contribution in [-0.2, 0) is 4.79 Å². The highest BCUT2D eigenvalue weighted by Gasteiger charge is 2.38. The Kier molecular flexibility index (Phi) is 6.03. The summed E-state index contributed by atoms with van der Waals surface area (Å²) in [5.41, 5.74) is 1.14. The molecule has 0 spiro atoms. The van der Waals surface area contributed by atoms with Crippen LogP contribution in [0.15, 0.2) is 59.5 Å². The maximum Gasteiger partial charge on any atom is 0.471 e. The van der Waals surface area contributed by atoms with Gasteiger partial charge in [0.05, 0.1) is 0 Å². The normalized spacial score (nSPS) is 11.5. The van der Waals surface area contributed by atoms with Gasteiger partial charge in [0.2, 0.25) is 0 Å². The first-order valence-electron chi connectivity index (χ1n) is 7.14. The number of thioether (sulfide) groups is 1. The Morgan fingerprint density at radius 3 is 2.12 bits per heavy atom. The van der Waals surface area contributed by atoms with E-state index < -0.39 is 12.1 Å². The molecular weight excluding hydrogens is 351 g/mol. The third-order valence-electron chi connectivity index (χ3n) is 3.23. The molecular formula is C18H14F3NO2S. The Bertz CT molecular complexity index is 781. The molecule has 0 saturated carbocycles. The summed E-state index contributed by atoms with van der Waals surface area (Å²) in [5.74, 6) is -2.34. The highest BCUT2D eigenvalue weighted by Crippen LogP contribution is 2.19. The van der Waals surface area contributed by atoms with Crippen LogP contribution in [0, 0.1) is 0 Å². The zero-order valence-corrected chi connectivity index (χ0v) is 13.9. The van der Waals surface area contributed by atoms with Crippen molar-refractivity contribution in [2.75, 3.05) is 11.6 Å². The van der Waals surface area contributed by atoms with Gasteiger partial charge in [-0.15, -0.1) is 11.8 Å². The number of halogens is 3. The van der Waals surface area contributed by atoms with Gasteiger partial charge in [0.15, 0.2) is 5.78 Å². The smallest absolute Gasteiger partial charge is 0.318 e. The number of carbonyl (C=O) groups is 2. The van der Waals surface area contributed by atoms with Gasteiger partial charge in [0, 0.05) is 16.1 Å². The molecule has 25 heavy (non-hydrogen) atoms. The second kappa shape index (κ2) is 8.02. The van der Waals surface area contributed by atoms with E-state index in [2.05, 4.69) is 0 Å². The van der Waals surface area contributed by atoms with Crippen molar-refractivity contribution in [2.24, 2.45) is 0 Å². The molecule has 0 aliphatic carbocycles. The first-order chi connectivity index (χ1) is 11.8. The van der Waals surface area contributed by atoms with Crippen LogP contribution in [-0.4, -0.2) is 24.1 Å². The lowest BCUT2D eigenvalue weighted by molar-refractivity contribution is -0.167. The lowest BCUT2D eigenvalue weighted by Crippen LogP contribution is -2.29. The summed E-state index contributed by atoms with van der Waals surface area (Å²) in [6, 6.07) is 12.8. The van der Waals surface area contributed by atoms with Crippen LogP contribution in [0.1, 0.15) is 15.9 Å². The molecule has 0 aliphatic heterocycles. The van der Waals surface area contributed by atoms with Crippen molar-refractivity contribution < 1.29 is 22.8 Å².